The Balaban J connectivity index is 1.58. The Hall–Kier alpha value is -2.89. The van der Waals surface area contributed by atoms with Crippen LogP contribution in [0.1, 0.15) is 18.4 Å². The van der Waals surface area contributed by atoms with Crippen molar-refractivity contribution < 1.29 is 9.47 Å². The summed E-state index contributed by atoms with van der Waals surface area (Å²) in [6.07, 6.45) is 6.06. The first kappa shape index (κ1) is 29.1. The van der Waals surface area contributed by atoms with Gasteiger partial charge in [-0.15, -0.1) is 0 Å². The van der Waals surface area contributed by atoms with Crippen molar-refractivity contribution in [3.63, 3.8) is 0 Å². The van der Waals surface area contributed by atoms with Crippen LogP contribution in [0.3, 0.4) is 0 Å². The number of piperidine rings is 1. The number of ether oxygens (including phenoxy) is 2. The lowest BCUT2D eigenvalue weighted by molar-refractivity contribution is 0.249. The number of para-hydroxylation sites is 1. The van der Waals surface area contributed by atoms with E-state index in [1.807, 2.05) is 35.8 Å². The van der Waals surface area contributed by atoms with Gasteiger partial charge in [-0.25, -0.2) is 4.98 Å². The fourth-order valence-corrected chi connectivity index (χ4v) is 5.54. The standard InChI is InChI=1S/C28H38BrN7O2S/c1-18-15-22(25(38-6)16-23(18)36-13-11-19(12-14-36)34(2)3)32-28-30-17-20(29)27(33-28)31-21-9-8-10-24(37-5)26(21)35(4)39-7/h8-10,15-17,19H,11-14H2,1-7H3,(H2,30,31,32,33). The summed E-state index contributed by atoms with van der Waals surface area (Å²) in [5.41, 5.74) is 5.00. The number of benzene rings is 2. The largest absolute Gasteiger partial charge is 0.494 e. The molecule has 1 saturated heterocycles. The quantitative estimate of drug-likeness (QED) is 0.254. The van der Waals surface area contributed by atoms with E-state index < -0.39 is 0 Å². The first-order valence-electron chi connectivity index (χ1n) is 12.9. The number of aryl methyl sites for hydroxylation is 1. The van der Waals surface area contributed by atoms with E-state index in [1.54, 1.807) is 32.4 Å². The molecule has 0 spiro atoms. The second-order valence-electron chi connectivity index (χ2n) is 9.70. The highest BCUT2D eigenvalue weighted by Crippen LogP contribution is 2.40. The summed E-state index contributed by atoms with van der Waals surface area (Å²) in [5, 5.41) is 6.81. The summed E-state index contributed by atoms with van der Waals surface area (Å²) in [6, 6.07) is 10.8. The summed E-state index contributed by atoms with van der Waals surface area (Å²) in [4.78, 5) is 14.1. The van der Waals surface area contributed by atoms with E-state index in [4.69, 9.17) is 14.5 Å². The second kappa shape index (κ2) is 13.0. The third-order valence-electron chi connectivity index (χ3n) is 7.10. The van der Waals surface area contributed by atoms with E-state index in [2.05, 4.69) is 74.5 Å². The van der Waals surface area contributed by atoms with Crippen molar-refractivity contribution in [1.29, 1.82) is 0 Å². The van der Waals surface area contributed by atoms with E-state index in [1.165, 1.54) is 11.3 Å². The van der Waals surface area contributed by atoms with Gasteiger partial charge in [0.25, 0.3) is 0 Å². The highest BCUT2D eigenvalue weighted by atomic mass is 79.9. The van der Waals surface area contributed by atoms with E-state index in [0.29, 0.717) is 17.8 Å². The Morgan fingerprint density at radius 3 is 2.38 bits per heavy atom. The SMILES string of the molecule is COc1cc(N2CCC(N(C)C)CC2)c(C)cc1Nc1ncc(Br)c(Nc2cccc(OC)c2N(C)SC)n1. The maximum Gasteiger partial charge on any atom is 0.229 e. The van der Waals surface area contributed by atoms with Crippen molar-refractivity contribution in [1.82, 2.24) is 14.9 Å². The molecule has 2 heterocycles. The molecule has 0 amide bonds. The molecular formula is C28H38BrN7O2S. The van der Waals surface area contributed by atoms with Crippen LogP contribution in [0.4, 0.5) is 34.5 Å². The molecule has 1 aromatic heterocycles. The molecule has 0 saturated carbocycles. The van der Waals surface area contributed by atoms with Gasteiger partial charge in [-0.1, -0.05) is 18.0 Å². The van der Waals surface area contributed by atoms with E-state index in [0.717, 1.165) is 59.0 Å². The molecule has 0 bridgehead atoms. The van der Waals surface area contributed by atoms with Crippen LogP contribution in [-0.2, 0) is 0 Å². The van der Waals surface area contributed by atoms with Crippen LogP contribution < -0.4 is 29.3 Å². The maximum atomic E-state index is 5.79. The van der Waals surface area contributed by atoms with Crippen molar-refractivity contribution in [2.75, 3.05) is 74.5 Å². The molecule has 0 unspecified atom stereocenters. The summed E-state index contributed by atoms with van der Waals surface area (Å²) in [6.45, 7) is 4.20. The van der Waals surface area contributed by atoms with Gasteiger partial charge in [-0.2, -0.15) is 4.98 Å². The van der Waals surface area contributed by atoms with Gasteiger partial charge in [-0.3, -0.25) is 0 Å². The summed E-state index contributed by atoms with van der Waals surface area (Å²) in [5.74, 6) is 2.61. The van der Waals surface area contributed by atoms with Crippen molar-refractivity contribution >= 4 is 62.4 Å². The van der Waals surface area contributed by atoms with Crippen molar-refractivity contribution in [3.8, 4) is 11.5 Å². The third kappa shape index (κ3) is 6.64. The van der Waals surface area contributed by atoms with Crippen LogP contribution in [0.5, 0.6) is 11.5 Å². The number of methoxy groups -OCH3 is 2. The first-order valence-corrected chi connectivity index (χ1v) is 14.8. The molecule has 11 heteroatoms. The Morgan fingerprint density at radius 2 is 1.74 bits per heavy atom. The zero-order chi connectivity index (χ0) is 28.1. The highest BCUT2D eigenvalue weighted by Gasteiger charge is 2.23. The van der Waals surface area contributed by atoms with Crippen LogP contribution in [0.25, 0.3) is 0 Å². The van der Waals surface area contributed by atoms with E-state index >= 15 is 0 Å². The van der Waals surface area contributed by atoms with Gasteiger partial charge in [0.15, 0.2) is 0 Å². The molecule has 3 aromatic rings. The zero-order valence-electron chi connectivity index (χ0n) is 23.7. The van der Waals surface area contributed by atoms with Crippen LogP contribution in [0.2, 0.25) is 0 Å². The lowest BCUT2D eigenvalue weighted by Gasteiger charge is -2.37. The predicted molar refractivity (Wildman–Crippen MR) is 168 cm³/mol. The lowest BCUT2D eigenvalue weighted by Crippen LogP contribution is -2.42. The molecule has 1 aliphatic rings. The van der Waals surface area contributed by atoms with Gasteiger partial charge in [0.2, 0.25) is 5.95 Å². The number of rotatable bonds is 10. The van der Waals surface area contributed by atoms with Gasteiger partial charge < -0.3 is 34.2 Å². The topological polar surface area (TPSA) is 78.0 Å². The summed E-state index contributed by atoms with van der Waals surface area (Å²) >= 11 is 5.19. The molecule has 0 radical (unpaired) electrons. The van der Waals surface area contributed by atoms with Gasteiger partial charge >= 0.3 is 0 Å². The molecule has 1 fully saturated rings. The Kier molecular flexibility index (Phi) is 9.68. The van der Waals surface area contributed by atoms with Crippen LogP contribution in [0, 0.1) is 6.92 Å². The average Bonchev–Trinajstić information content (AvgIpc) is 2.94. The zero-order valence-corrected chi connectivity index (χ0v) is 26.1. The molecular weight excluding hydrogens is 578 g/mol. The molecule has 1 aliphatic heterocycles. The maximum absolute atomic E-state index is 5.79. The number of aromatic nitrogens is 2. The molecule has 2 N–H and O–H groups in total. The normalized spacial score (nSPS) is 13.9. The van der Waals surface area contributed by atoms with Crippen molar-refractivity contribution in [2.24, 2.45) is 0 Å². The highest BCUT2D eigenvalue weighted by molar-refractivity contribution is 9.10. The molecule has 0 atom stereocenters. The number of hydrogen-bond acceptors (Lipinski definition) is 10. The second-order valence-corrected chi connectivity index (χ2v) is 11.5. The Morgan fingerprint density at radius 1 is 1.03 bits per heavy atom. The van der Waals surface area contributed by atoms with Crippen molar-refractivity contribution in [3.05, 3.63) is 46.6 Å². The Labute approximate surface area is 244 Å². The molecule has 9 nitrogen and oxygen atoms in total. The van der Waals surface area contributed by atoms with Crippen LogP contribution >= 0.6 is 27.9 Å². The fourth-order valence-electron chi connectivity index (χ4n) is 4.87. The molecule has 210 valence electrons. The number of halogens is 1. The average molecular weight is 617 g/mol. The fraction of sp³-hybridized carbons (Fsp3) is 0.429. The van der Waals surface area contributed by atoms with Gasteiger partial charge in [-0.05, 0) is 73.6 Å². The molecule has 2 aromatic carbocycles. The minimum atomic E-state index is 0.459. The van der Waals surface area contributed by atoms with Gasteiger partial charge in [0.05, 0.1) is 30.1 Å². The van der Waals surface area contributed by atoms with E-state index in [9.17, 15) is 0 Å². The lowest BCUT2D eigenvalue weighted by atomic mass is 10.0. The molecule has 39 heavy (non-hydrogen) atoms. The number of nitrogens with zero attached hydrogens (tertiary/aromatic N) is 5. The Bertz CT molecular complexity index is 1290. The van der Waals surface area contributed by atoms with Crippen LogP contribution in [-0.4, -0.2) is 75.6 Å². The smallest absolute Gasteiger partial charge is 0.229 e. The summed E-state index contributed by atoms with van der Waals surface area (Å²) in [7, 11) is 9.70. The number of hydrogen-bond donors (Lipinski definition) is 2. The van der Waals surface area contributed by atoms with Crippen LogP contribution in [0.15, 0.2) is 41.0 Å². The number of anilines is 6. The summed E-state index contributed by atoms with van der Waals surface area (Å²) < 4.78 is 14.2. The molecule has 4 rings (SSSR count). The minimum Gasteiger partial charge on any atom is -0.494 e. The van der Waals surface area contributed by atoms with Crippen molar-refractivity contribution in [2.45, 2.75) is 25.8 Å². The third-order valence-corrected chi connectivity index (χ3v) is 8.42. The van der Waals surface area contributed by atoms with E-state index in [-0.39, 0.29) is 0 Å². The van der Waals surface area contributed by atoms with Gasteiger partial charge in [0, 0.05) is 50.4 Å². The molecule has 0 aliphatic carbocycles. The number of nitrogens with one attached hydrogen (secondary N) is 2. The first-order chi connectivity index (χ1) is 18.7. The monoisotopic (exact) mass is 615 g/mol. The minimum absolute atomic E-state index is 0.459. The predicted octanol–water partition coefficient (Wildman–Crippen LogP) is 6.30. The van der Waals surface area contributed by atoms with Gasteiger partial charge in [0.1, 0.15) is 23.0 Å².